The number of nitrogens with one attached hydrogen (secondary N) is 1. The van der Waals surface area contributed by atoms with E-state index in [-0.39, 0.29) is 30.7 Å². The van der Waals surface area contributed by atoms with E-state index in [1.165, 1.54) is 0 Å². The van der Waals surface area contributed by atoms with Crippen LogP contribution in [0.5, 0.6) is 0 Å². The van der Waals surface area contributed by atoms with Crippen LogP contribution in [-0.4, -0.2) is 64.4 Å². The van der Waals surface area contributed by atoms with Crippen LogP contribution in [0.2, 0.25) is 0 Å². The lowest BCUT2D eigenvalue weighted by molar-refractivity contribution is -0.140. The van der Waals surface area contributed by atoms with Crippen LogP contribution >= 0.6 is 0 Å². The van der Waals surface area contributed by atoms with Crippen LogP contribution in [0, 0.1) is 0 Å². The van der Waals surface area contributed by atoms with Gasteiger partial charge in [-0.3, -0.25) is 9.59 Å². The minimum Gasteiger partial charge on any atom is -0.396 e. The maximum atomic E-state index is 13.0. The van der Waals surface area contributed by atoms with Gasteiger partial charge in [0.2, 0.25) is 5.91 Å². The molecule has 2 saturated heterocycles. The van der Waals surface area contributed by atoms with E-state index in [1.807, 2.05) is 30.3 Å². The number of urea groups is 1. The highest BCUT2D eigenvalue weighted by molar-refractivity contribution is 5.93. The number of likely N-dealkylation sites (tertiary alicyclic amines) is 2. The Morgan fingerprint density at radius 1 is 1.00 bits per heavy atom. The monoisotopic (exact) mass is 373 g/mol. The number of benzene rings is 1. The third-order valence-electron chi connectivity index (χ3n) is 5.35. The number of carbonyl (C=O) groups excluding carboxylic acids is 3. The molecule has 0 aliphatic carbocycles. The summed E-state index contributed by atoms with van der Waals surface area (Å²) >= 11 is 0. The number of amides is 3. The molecule has 2 aliphatic heterocycles. The minimum absolute atomic E-state index is 0.0698. The van der Waals surface area contributed by atoms with Gasteiger partial charge in [-0.1, -0.05) is 30.3 Å². The summed E-state index contributed by atoms with van der Waals surface area (Å²) in [5.74, 6) is -0.238. The molecule has 146 valence electrons. The zero-order valence-electron chi connectivity index (χ0n) is 15.5. The smallest absolute Gasteiger partial charge is 0.318 e. The van der Waals surface area contributed by atoms with Gasteiger partial charge in [0.15, 0.2) is 5.78 Å². The molecule has 0 spiro atoms. The Bertz CT molecular complexity index is 679. The maximum absolute atomic E-state index is 13.0. The van der Waals surface area contributed by atoms with Gasteiger partial charge in [-0.2, -0.15) is 0 Å². The number of hydrogen-bond acceptors (Lipinski definition) is 4. The molecule has 0 radical (unpaired) electrons. The van der Waals surface area contributed by atoms with Crippen molar-refractivity contribution in [1.82, 2.24) is 15.1 Å². The Balaban J connectivity index is 1.62. The van der Waals surface area contributed by atoms with E-state index in [2.05, 4.69) is 5.32 Å². The van der Waals surface area contributed by atoms with Crippen molar-refractivity contribution in [3.63, 3.8) is 0 Å². The van der Waals surface area contributed by atoms with Crippen molar-refractivity contribution in [2.24, 2.45) is 0 Å². The van der Waals surface area contributed by atoms with E-state index in [0.29, 0.717) is 32.5 Å². The van der Waals surface area contributed by atoms with Crippen LogP contribution in [-0.2, 0) is 16.1 Å². The number of Topliss-reactive ketones (excluding diaryl/α,β-unsaturated/α-hetero) is 1. The molecule has 7 heteroatoms. The van der Waals surface area contributed by atoms with Gasteiger partial charge in [-0.05, 0) is 31.2 Å². The first kappa shape index (κ1) is 19.4. The standard InChI is InChI=1S/C20H27N3O4/c24-13-10-18(25)16-8-4-11-22(16)19(26)17-9-5-12-23(17)20(27)21-14-15-6-2-1-3-7-15/h1-3,6-7,16-17,24H,4-5,8-14H2,(H,21,27). The Hall–Kier alpha value is -2.41. The molecule has 0 aromatic heterocycles. The first-order valence-corrected chi connectivity index (χ1v) is 9.64. The minimum atomic E-state index is -0.511. The molecule has 3 rings (SSSR count). The fourth-order valence-electron chi connectivity index (χ4n) is 3.98. The van der Waals surface area contributed by atoms with Gasteiger partial charge in [0, 0.05) is 26.1 Å². The second kappa shape index (κ2) is 8.99. The first-order chi connectivity index (χ1) is 13.1. The second-order valence-corrected chi connectivity index (χ2v) is 7.13. The molecule has 2 heterocycles. The maximum Gasteiger partial charge on any atom is 0.318 e. The van der Waals surface area contributed by atoms with E-state index in [1.54, 1.807) is 9.80 Å². The first-order valence-electron chi connectivity index (χ1n) is 9.64. The van der Waals surface area contributed by atoms with Crippen molar-refractivity contribution in [3.05, 3.63) is 35.9 Å². The van der Waals surface area contributed by atoms with Crippen molar-refractivity contribution in [1.29, 1.82) is 0 Å². The van der Waals surface area contributed by atoms with Crippen molar-refractivity contribution in [3.8, 4) is 0 Å². The van der Waals surface area contributed by atoms with Crippen molar-refractivity contribution >= 4 is 17.7 Å². The molecule has 0 bridgehead atoms. The molecular formula is C20H27N3O4. The van der Waals surface area contributed by atoms with Crippen LogP contribution in [0.1, 0.15) is 37.7 Å². The molecule has 2 N–H and O–H groups in total. The fourth-order valence-corrected chi connectivity index (χ4v) is 3.98. The highest BCUT2D eigenvalue weighted by Gasteiger charge is 2.41. The van der Waals surface area contributed by atoms with E-state index >= 15 is 0 Å². The molecule has 2 unspecified atom stereocenters. The number of aliphatic hydroxyl groups excluding tert-OH is 1. The number of ketones is 1. The number of carbonyl (C=O) groups is 3. The molecule has 2 atom stereocenters. The third-order valence-corrected chi connectivity index (χ3v) is 5.35. The molecule has 7 nitrogen and oxygen atoms in total. The quantitative estimate of drug-likeness (QED) is 0.787. The number of hydrogen-bond donors (Lipinski definition) is 2. The average molecular weight is 373 g/mol. The van der Waals surface area contributed by atoms with Gasteiger partial charge >= 0.3 is 6.03 Å². The summed E-state index contributed by atoms with van der Waals surface area (Å²) in [5.41, 5.74) is 1.00. The van der Waals surface area contributed by atoms with Gasteiger partial charge < -0.3 is 20.2 Å². The SMILES string of the molecule is O=C(CCO)C1CCCN1C(=O)C1CCCN1C(=O)NCc1ccccc1. The normalized spacial score (nSPS) is 22.1. The van der Waals surface area contributed by atoms with E-state index in [9.17, 15) is 14.4 Å². The van der Waals surface area contributed by atoms with Gasteiger partial charge in [0.05, 0.1) is 12.6 Å². The zero-order valence-corrected chi connectivity index (χ0v) is 15.5. The lowest BCUT2D eigenvalue weighted by Crippen LogP contribution is -2.52. The van der Waals surface area contributed by atoms with E-state index in [4.69, 9.17) is 5.11 Å². The number of aliphatic hydroxyl groups is 1. The van der Waals surface area contributed by atoms with Gasteiger partial charge in [-0.25, -0.2) is 4.79 Å². The molecule has 1 aromatic carbocycles. The predicted octanol–water partition coefficient (Wildman–Crippen LogP) is 1.30. The van der Waals surface area contributed by atoms with Crippen molar-refractivity contribution in [2.75, 3.05) is 19.7 Å². The molecule has 27 heavy (non-hydrogen) atoms. The summed E-state index contributed by atoms with van der Waals surface area (Å²) in [7, 11) is 0. The predicted molar refractivity (Wildman–Crippen MR) is 99.9 cm³/mol. The zero-order chi connectivity index (χ0) is 19.2. The largest absolute Gasteiger partial charge is 0.396 e. The lowest BCUT2D eigenvalue weighted by atomic mass is 10.1. The second-order valence-electron chi connectivity index (χ2n) is 7.13. The molecule has 3 amide bonds. The van der Waals surface area contributed by atoms with Crippen molar-refractivity contribution in [2.45, 2.75) is 50.7 Å². The molecule has 1 aromatic rings. The van der Waals surface area contributed by atoms with E-state index < -0.39 is 12.1 Å². The highest BCUT2D eigenvalue weighted by Crippen LogP contribution is 2.25. The number of rotatable bonds is 6. The Labute approximate surface area is 159 Å². The topological polar surface area (TPSA) is 90.0 Å². The van der Waals surface area contributed by atoms with Crippen LogP contribution in [0.3, 0.4) is 0 Å². The summed E-state index contributed by atoms with van der Waals surface area (Å²) in [6, 6.07) is 8.42. The lowest BCUT2D eigenvalue weighted by Gasteiger charge is -2.31. The summed E-state index contributed by atoms with van der Waals surface area (Å²) in [5, 5.41) is 11.9. The third kappa shape index (κ3) is 4.47. The highest BCUT2D eigenvalue weighted by atomic mass is 16.3. The molecular weight excluding hydrogens is 346 g/mol. The number of nitrogens with zero attached hydrogens (tertiary/aromatic N) is 2. The molecule has 0 saturated carbocycles. The molecule has 2 fully saturated rings. The van der Waals surface area contributed by atoms with Crippen LogP contribution in [0.4, 0.5) is 4.79 Å². The van der Waals surface area contributed by atoms with Gasteiger partial charge in [0.1, 0.15) is 6.04 Å². The summed E-state index contributed by atoms with van der Waals surface area (Å²) in [4.78, 5) is 41.1. The summed E-state index contributed by atoms with van der Waals surface area (Å²) in [6.07, 6.45) is 2.88. The summed E-state index contributed by atoms with van der Waals surface area (Å²) in [6.45, 7) is 1.30. The van der Waals surface area contributed by atoms with Crippen LogP contribution < -0.4 is 5.32 Å². The van der Waals surface area contributed by atoms with E-state index in [0.717, 1.165) is 18.4 Å². The van der Waals surface area contributed by atoms with Crippen LogP contribution in [0.15, 0.2) is 30.3 Å². The Morgan fingerprint density at radius 2 is 1.67 bits per heavy atom. The van der Waals surface area contributed by atoms with Crippen molar-refractivity contribution < 1.29 is 19.5 Å². The molecule has 2 aliphatic rings. The average Bonchev–Trinajstić information content (AvgIpc) is 3.36. The Kier molecular flexibility index (Phi) is 6.45. The van der Waals surface area contributed by atoms with Gasteiger partial charge in [0.25, 0.3) is 0 Å². The Morgan fingerprint density at radius 3 is 2.37 bits per heavy atom. The summed E-state index contributed by atoms with van der Waals surface area (Å²) < 4.78 is 0. The van der Waals surface area contributed by atoms with Gasteiger partial charge in [-0.15, -0.1) is 0 Å². The van der Waals surface area contributed by atoms with Crippen LogP contribution in [0.25, 0.3) is 0 Å². The fraction of sp³-hybridized carbons (Fsp3) is 0.550.